The number of nitrogens with zero attached hydrogens (tertiary/aromatic N) is 2. The van der Waals surface area contributed by atoms with E-state index >= 15 is 0 Å². The van der Waals surface area contributed by atoms with Crippen molar-refractivity contribution in [2.45, 2.75) is 19.4 Å². The molecule has 3 aromatic heterocycles. The lowest BCUT2D eigenvalue weighted by Crippen LogP contribution is -2.30. The Morgan fingerprint density at radius 1 is 1.24 bits per heavy atom. The summed E-state index contributed by atoms with van der Waals surface area (Å²) in [5.41, 5.74) is 0.867. The predicted molar refractivity (Wildman–Crippen MR) is 113 cm³/mol. The van der Waals surface area contributed by atoms with Crippen LogP contribution in [0.25, 0.3) is 6.08 Å². The second-order valence-corrected chi connectivity index (χ2v) is 8.31. The molecule has 0 saturated heterocycles. The Kier molecular flexibility index (Phi) is 5.73. The molecule has 0 aliphatic carbocycles. The minimum absolute atomic E-state index is 0.181. The van der Waals surface area contributed by atoms with Crippen LogP contribution in [0.3, 0.4) is 0 Å². The molecule has 8 heteroatoms. The number of esters is 1. The zero-order valence-electron chi connectivity index (χ0n) is 15.6. The third-order valence-corrected chi connectivity index (χ3v) is 6.22. The summed E-state index contributed by atoms with van der Waals surface area (Å²) >= 11 is 3.17. The molecule has 3 aromatic rings. The molecule has 0 fully saturated rings. The van der Waals surface area contributed by atoms with Crippen molar-refractivity contribution in [3.8, 4) is 0 Å². The summed E-state index contributed by atoms with van der Waals surface area (Å²) in [6.45, 7) is 1.45. The molecule has 0 N–H and O–H groups in total. The van der Waals surface area contributed by atoms with Crippen molar-refractivity contribution < 1.29 is 18.7 Å². The molecule has 0 spiro atoms. The number of thiophene rings is 2. The first-order chi connectivity index (χ1) is 14.1. The summed E-state index contributed by atoms with van der Waals surface area (Å²) in [4.78, 5) is 26.8. The molecule has 29 heavy (non-hydrogen) atoms. The van der Waals surface area contributed by atoms with Crippen LogP contribution in [0.4, 0.5) is 0 Å². The van der Waals surface area contributed by atoms with Gasteiger partial charge in [0.15, 0.2) is 6.61 Å². The lowest BCUT2D eigenvalue weighted by molar-refractivity contribution is -0.149. The normalized spacial score (nSPS) is 16.4. The summed E-state index contributed by atoms with van der Waals surface area (Å²) in [7, 11) is 0. The van der Waals surface area contributed by atoms with E-state index in [-0.39, 0.29) is 18.6 Å². The largest absolute Gasteiger partial charge is 0.462 e. The van der Waals surface area contributed by atoms with Crippen molar-refractivity contribution in [2.24, 2.45) is 5.10 Å². The molecule has 4 rings (SSSR count). The smallest absolute Gasteiger partial charge is 0.331 e. The molecule has 6 nitrogen and oxygen atoms in total. The van der Waals surface area contributed by atoms with Gasteiger partial charge in [0.05, 0.1) is 16.6 Å². The third kappa shape index (κ3) is 4.55. The molecule has 0 radical (unpaired) electrons. The number of rotatable bonds is 6. The minimum Gasteiger partial charge on any atom is -0.462 e. The Morgan fingerprint density at radius 2 is 2.07 bits per heavy atom. The second kappa shape index (κ2) is 8.59. The SMILES string of the molecule is Cc1ccc(/C=C/C(=O)OCC(=O)N2N=C(c3cccs3)CC2c2cccs2)o1. The fraction of sp³-hybridized carbons (Fsp3) is 0.190. The average Bonchev–Trinajstić information content (AvgIpc) is 3.50. The molecule has 148 valence electrons. The Labute approximate surface area is 175 Å². The fourth-order valence-corrected chi connectivity index (χ4v) is 4.51. The number of hydrazone groups is 1. The van der Waals surface area contributed by atoms with Gasteiger partial charge in [-0.15, -0.1) is 22.7 Å². The Balaban J connectivity index is 1.42. The molecule has 0 saturated carbocycles. The maximum Gasteiger partial charge on any atom is 0.331 e. The van der Waals surface area contributed by atoms with E-state index in [9.17, 15) is 9.59 Å². The van der Waals surface area contributed by atoms with E-state index in [2.05, 4.69) is 5.10 Å². The van der Waals surface area contributed by atoms with E-state index in [1.165, 1.54) is 17.2 Å². The number of furan rings is 1. The number of carbonyl (C=O) groups excluding carboxylic acids is 2. The van der Waals surface area contributed by atoms with Gasteiger partial charge in [-0.3, -0.25) is 4.79 Å². The Bertz CT molecular complexity index is 1050. The number of hydrogen-bond donors (Lipinski definition) is 0. The monoisotopic (exact) mass is 426 g/mol. The highest BCUT2D eigenvalue weighted by atomic mass is 32.1. The molecule has 1 amide bonds. The zero-order valence-corrected chi connectivity index (χ0v) is 17.2. The second-order valence-electron chi connectivity index (χ2n) is 6.39. The van der Waals surface area contributed by atoms with Crippen LogP contribution in [-0.4, -0.2) is 29.2 Å². The summed E-state index contributed by atoms with van der Waals surface area (Å²) in [6, 6.07) is 11.3. The lowest BCUT2D eigenvalue weighted by atomic mass is 10.1. The molecular weight excluding hydrogens is 408 g/mol. The minimum atomic E-state index is -0.610. The van der Waals surface area contributed by atoms with Crippen molar-refractivity contribution >= 4 is 46.3 Å². The van der Waals surface area contributed by atoms with Crippen LogP contribution < -0.4 is 0 Å². The van der Waals surface area contributed by atoms with E-state index < -0.39 is 5.97 Å². The van der Waals surface area contributed by atoms with E-state index in [1.54, 1.807) is 34.8 Å². The lowest BCUT2D eigenvalue weighted by Gasteiger charge is -2.20. The van der Waals surface area contributed by atoms with Gasteiger partial charge in [-0.1, -0.05) is 12.1 Å². The van der Waals surface area contributed by atoms with Gasteiger partial charge in [0, 0.05) is 17.4 Å². The number of hydrogen-bond acceptors (Lipinski definition) is 7. The Hall–Kier alpha value is -2.97. The highest BCUT2D eigenvalue weighted by Gasteiger charge is 2.34. The van der Waals surface area contributed by atoms with Gasteiger partial charge in [-0.25, -0.2) is 9.80 Å². The van der Waals surface area contributed by atoms with Crippen LogP contribution in [0.2, 0.25) is 0 Å². The first-order valence-electron chi connectivity index (χ1n) is 8.98. The van der Waals surface area contributed by atoms with Gasteiger partial charge in [0.1, 0.15) is 11.5 Å². The highest BCUT2D eigenvalue weighted by Crippen LogP contribution is 2.35. The first-order valence-corrected chi connectivity index (χ1v) is 10.7. The van der Waals surface area contributed by atoms with Crippen molar-refractivity contribution in [3.05, 3.63) is 74.5 Å². The van der Waals surface area contributed by atoms with Crippen LogP contribution in [0.1, 0.15) is 33.7 Å². The number of ether oxygens (including phenoxy) is 1. The van der Waals surface area contributed by atoms with Gasteiger partial charge < -0.3 is 9.15 Å². The van der Waals surface area contributed by atoms with E-state index in [0.29, 0.717) is 12.2 Å². The molecule has 0 aromatic carbocycles. The summed E-state index contributed by atoms with van der Waals surface area (Å²) in [5, 5.41) is 9.93. The standard InChI is InChI=1S/C21H18N2O4S2/c1-14-6-7-15(27-14)8-9-21(25)26-13-20(24)23-17(19-5-3-11-29-19)12-16(22-23)18-4-2-10-28-18/h2-11,17H,12-13H2,1H3/b9-8+. The van der Waals surface area contributed by atoms with Crippen molar-refractivity contribution in [1.82, 2.24) is 5.01 Å². The zero-order chi connectivity index (χ0) is 20.2. The molecule has 0 bridgehead atoms. The maximum absolute atomic E-state index is 12.8. The van der Waals surface area contributed by atoms with Gasteiger partial charge in [0.25, 0.3) is 5.91 Å². The van der Waals surface area contributed by atoms with Gasteiger partial charge in [-0.05, 0) is 48.0 Å². The summed E-state index contributed by atoms with van der Waals surface area (Å²) < 4.78 is 10.5. The van der Waals surface area contributed by atoms with E-state index in [4.69, 9.17) is 9.15 Å². The van der Waals surface area contributed by atoms with Gasteiger partial charge in [-0.2, -0.15) is 5.10 Å². The van der Waals surface area contributed by atoms with Crippen LogP contribution >= 0.6 is 22.7 Å². The number of amides is 1. The predicted octanol–water partition coefficient (Wildman–Crippen LogP) is 4.65. The molecular formula is C21H18N2O4S2. The van der Waals surface area contributed by atoms with Crippen molar-refractivity contribution in [1.29, 1.82) is 0 Å². The highest BCUT2D eigenvalue weighted by molar-refractivity contribution is 7.12. The van der Waals surface area contributed by atoms with E-state index in [1.807, 2.05) is 41.9 Å². The van der Waals surface area contributed by atoms with Crippen LogP contribution in [0.5, 0.6) is 0 Å². The van der Waals surface area contributed by atoms with Crippen LogP contribution in [0, 0.1) is 6.92 Å². The van der Waals surface area contributed by atoms with Crippen LogP contribution in [-0.2, 0) is 14.3 Å². The average molecular weight is 427 g/mol. The topological polar surface area (TPSA) is 72.1 Å². The number of carbonyl (C=O) groups is 2. The molecule has 4 heterocycles. The number of aryl methyl sites for hydroxylation is 1. The quantitative estimate of drug-likeness (QED) is 0.425. The maximum atomic E-state index is 12.8. The summed E-state index contributed by atoms with van der Waals surface area (Å²) in [6.07, 6.45) is 3.39. The van der Waals surface area contributed by atoms with Crippen LogP contribution in [0.15, 0.2) is 62.8 Å². The third-order valence-electron chi connectivity index (χ3n) is 4.33. The Morgan fingerprint density at radius 3 is 2.76 bits per heavy atom. The van der Waals surface area contributed by atoms with Gasteiger partial charge >= 0.3 is 5.97 Å². The van der Waals surface area contributed by atoms with Crippen molar-refractivity contribution in [2.75, 3.05) is 6.61 Å². The van der Waals surface area contributed by atoms with E-state index in [0.717, 1.165) is 21.2 Å². The molecule has 1 atom stereocenters. The first kappa shape index (κ1) is 19.4. The van der Waals surface area contributed by atoms with Crippen molar-refractivity contribution in [3.63, 3.8) is 0 Å². The molecule has 1 aliphatic heterocycles. The molecule has 1 aliphatic rings. The summed E-state index contributed by atoms with van der Waals surface area (Å²) in [5.74, 6) is 0.335. The van der Waals surface area contributed by atoms with Gasteiger partial charge in [0.2, 0.25) is 0 Å². The fourth-order valence-electron chi connectivity index (χ4n) is 2.97. The molecule has 1 unspecified atom stereocenters.